The number of imide groups is 1. The lowest BCUT2D eigenvalue weighted by Gasteiger charge is -2.25. The van der Waals surface area contributed by atoms with E-state index < -0.39 is 6.04 Å². The van der Waals surface area contributed by atoms with Gasteiger partial charge in [0, 0.05) is 29.8 Å². The van der Waals surface area contributed by atoms with Gasteiger partial charge in [-0.25, -0.2) is 0 Å². The van der Waals surface area contributed by atoms with Crippen molar-refractivity contribution < 1.29 is 14.4 Å². The second kappa shape index (κ2) is 4.99. The molecule has 106 valence electrons. The quantitative estimate of drug-likeness (QED) is 0.770. The molecule has 1 aromatic rings. The van der Waals surface area contributed by atoms with Crippen LogP contribution in [0, 0.1) is 0 Å². The summed E-state index contributed by atoms with van der Waals surface area (Å²) in [6, 6.07) is -0.558. The van der Waals surface area contributed by atoms with Crippen molar-refractivity contribution in [1.82, 2.24) is 10.2 Å². The first-order valence-electron chi connectivity index (χ1n) is 6.55. The molecule has 2 aliphatic rings. The van der Waals surface area contributed by atoms with Crippen LogP contribution in [0.5, 0.6) is 0 Å². The number of nitrogens with one attached hydrogen (secondary N) is 1. The smallest absolute Gasteiger partial charge is 0.256 e. The molecule has 3 rings (SSSR count). The third-order valence-corrected chi connectivity index (χ3v) is 4.86. The van der Waals surface area contributed by atoms with Gasteiger partial charge in [-0.1, -0.05) is 0 Å². The van der Waals surface area contributed by atoms with Crippen LogP contribution >= 0.6 is 11.3 Å². The predicted molar refractivity (Wildman–Crippen MR) is 72.9 cm³/mol. The molecule has 2 aliphatic heterocycles. The fourth-order valence-corrected chi connectivity index (χ4v) is 3.68. The Hall–Kier alpha value is -1.73. The van der Waals surface area contributed by atoms with Gasteiger partial charge >= 0.3 is 0 Å². The highest BCUT2D eigenvalue weighted by Gasteiger charge is 2.39. The zero-order valence-corrected chi connectivity index (χ0v) is 11.7. The number of carbonyl (C=O) groups excluding carboxylic acids is 3. The van der Waals surface area contributed by atoms with Gasteiger partial charge in [0.2, 0.25) is 11.8 Å². The maximum absolute atomic E-state index is 12.4. The molecule has 0 saturated carbocycles. The van der Waals surface area contributed by atoms with Gasteiger partial charge in [0.1, 0.15) is 6.04 Å². The number of fused-ring (bicyclic) bond motifs is 1. The number of hydrogen-bond donors (Lipinski definition) is 2. The Balaban J connectivity index is 1.86. The van der Waals surface area contributed by atoms with E-state index in [1.165, 1.54) is 11.3 Å². The molecular formula is C13H15N3O3S. The van der Waals surface area contributed by atoms with Gasteiger partial charge in [-0.3, -0.25) is 19.7 Å². The molecule has 0 aromatic carbocycles. The lowest BCUT2D eigenvalue weighted by Crippen LogP contribution is -2.47. The first-order chi connectivity index (χ1) is 9.61. The third kappa shape index (κ3) is 2.03. The Kier molecular flexibility index (Phi) is 3.31. The number of nitrogens with two attached hydrogens (primary N) is 1. The SMILES string of the molecule is NCc1scc2c1CN(C1CCCC(=O)NC1=O)C2=O. The van der Waals surface area contributed by atoms with Crippen LogP contribution in [-0.4, -0.2) is 28.7 Å². The van der Waals surface area contributed by atoms with E-state index in [0.717, 1.165) is 10.4 Å². The normalized spacial score (nSPS) is 22.8. The Morgan fingerprint density at radius 3 is 2.95 bits per heavy atom. The highest BCUT2D eigenvalue weighted by atomic mass is 32.1. The minimum atomic E-state index is -0.558. The Bertz CT molecular complexity index is 596. The van der Waals surface area contributed by atoms with E-state index >= 15 is 0 Å². The molecule has 1 aromatic heterocycles. The van der Waals surface area contributed by atoms with Crippen molar-refractivity contribution in [3.63, 3.8) is 0 Å². The summed E-state index contributed by atoms with van der Waals surface area (Å²) in [5, 5.41) is 4.15. The lowest BCUT2D eigenvalue weighted by molar-refractivity contribution is -0.132. The summed E-state index contributed by atoms with van der Waals surface area (Å²) in [6.07, 6.45) is 1.47. The molecule has 7 heteroatoms. The van der Waals surface area contributed by atoms with E-state index in [4.69, 9.17) is 5.73 Å². The van der Waals surface area contributed by atoms with Crippen LogP contribution in [0.4, 0.5) is 0 Å². The highest BCUT2D eigenvalue weighted by molar-refractivity contribution is 7.10. The summed E-state index contributed by atoms with van der Waals surface area (Å²) >= 11 is 1.48. The molecular weight excluding hydrogens is 278 g/mol. The van der Waals surface area contributed by atoms with Crippen molar-refractivity contribution in [2.24, 2.45) is 5.73 Å². The van der Waals surface area contributed by atoms with E-state index in [1.54, 1.807) is 10.3 Å². The van der Waals surface area contributed by atoms with Crippen LogP contribution in [0.3, 0.4) is 0 Å². The molecule has 1 fully saturated rings. The molecule has 1 saturated heterocycles. The Morgan fingerprint density at radius 1 is 1.40 bits per heavy atom. The molecule has 1 atom stereocenters. The molecule has 0 radical (unpaired) electrons. The largest absolute Gasteiger partial charge is 0.326 e. The van der Waals surface area contributed by atoms with E-state index in [2.05, 4.69) is 5.32 Å². The van der Waals surface area contributed by atoms with Gasteiger partial charge in [0.25, 0.3) is 5.91 Å². The van der Waals surface area contributed by atoms with Gasteiger partial charge in [-0.15, -0.1) is 11.3 Å². The van der Waals surface area contributed by atoms with E-state index in [-0.39, 0.29) is 17.7 Å². The fraction of sp³-hybridized carbons (Fsp3) is 0.462. The summed E-state index contributed by atoms with van der Waals surface area (Å²) in [5.74, 6) is -0.768. The topological polar surface area (TPSA) is 92.5 Å². The zero-order valence-electron chi connectivity index (χ0n) is 10.8. The highest BCUT2D eigenvalue weighted by Crippen LogP contribution is 2.33. The van der Waals surface area contributed by atoms with Gasteiger partial charge in [-0.2, -0.15) is 0 Å². The average Bonchev–Trinajstić information content (AvgIpc) is 2.90. The average molecular weight is 293 g/mol. The minimum absolute atomic E-state index is 0.134. The first-order valence-corrected chi connectivity index (χ1v) is 7.43. The number of amides is 3. The Labute approximate surface area is 119 Å². The van der Waals surface area contributed by atoms with Crippen molar-refractivity contribution in [2.75, 3.05) is 0 Å². The van der Waals surface area contributed by atoms with E-state index in [0.29, 0.717) is 37.9 Å². The van der Waals surface area contributed by atoms with Crippen LogP contribution < -0.4 is 11.1 Å². The zero-order chi connectivity index (χ0) is 14.3. The molecule has 6 nitrogen and oxygen atoms in total. The molecule has 3 amide bonds. The molecule has 20 heavy (non-hydrogen) atoms. The maximum Gasteiger partial charge on any atom is 0.256 e. The van der Waals surface area contributed by atoms with Gasteiger partial charge in [0.05, 0.1) is 5.56 Å². The molecule has 1 unspecified atom stereocenters. The summed E-state index contributed by atoms with van der Waals surface area (Å²) in [7, 11) is 0. The van der Waals surface area contributed by atoms with Gasteiger partial charge in [0.15, 0.2) is 0 Å². The fourth-order valence-electron chi connectivity index (χ4n) is 2.76. The van der Waals surface area contributed by atoms with Crippen molar-refractivity contribution in [2.45, 2.75) is 38.4 Å². The maximum atomic E-state index is 12.4. The van der Waals surface area contributed by atoms with Gasteiger partial charge < -0.3 is 10.6 Å². The van der Waals surface area contributed by atoms with Crippen molar-refractivity contribution in [3.8, 4) is 0 Å². The van der Waals surface area contributed by atoms with Crippen LogP contribution in [0.1, 0.15) is 40.1 Å². The van der Waals surface area contributed by atoms with E-state index in [9.17, 15) is 14.4 Å². The lowest BCUT2D eigenvalue weighted by atomic mass is 10.1. The number of nitrogens with zero attached hydrogens (tertiary/aromatic N) is 1. The van der Waals surface area contributed by atoms with Crippen molar-refractivity contribution >= 4 is 29.1 Å². The Morgan fingerprint density at radius 2 is 2.20 bits per heavy atom. The molecule has 0 spiro atoms. The predicted octanol–water partition coefficient (Wildman–Crippen LogP) is 0.358. The third-order valence-electron chi connectivity index (χ3n) is 3.81. The standard InChI is InChI=1S/C13H15N3O3S/c14-4-10-7-5-16(13(19)8(7)6-20-10)9-2-1-3-11(17)15-12(9)18/h6,9H,1-5,14H2,(H,15,17,18). The molecule has 0 aliphatic carbocycles. The number of hydrogen-bond acceptors (Lipinski definition) is 5. The van der Waals surface area contributed by atoms with Crippen molar-refractivity contribution in [3.05, 3.63) is 21.4 Å². The number of thiophene rings is 1. The summed E-state index contributed by atoms with van der Waals surface area (Å²) in [5.41, 5.74) is 7.25. The van der Waals surface area contributed by atoms with Crippen LogP contribution in [0.2, 0.25) is 0 Å². The van der Waals surface area contributed by atoms with Crippen molar-refractivity contribution in [1.29, 1.82) is 0 Å². The summed E-state index contributed by atoms with van der Waals surface area (Å²) in [6.45, 7) is 0.812. The van der Waals surface area contributed by atoms with Crippen LogP contribution in [0.15, 0.2) is 5.38 Å². The monoisotopic (exact) mass is 293 g/mol. The minimum Gasteiger partial charge on any atom is -0.326 e. The van der Waals surface area contributed by atoms with Gasteiger partial charge in [-0.05, 0) is 18.4 Å². The molecule has 0 bridgehead atoms. The molecule has 3 N–H and O–H groups in total. The first kappa shape index (κ1) is 13.3. The van der Waals surface area contributed by atoms with Crippen LogP contribution in [-0.2, 0) is 22.7 Å². The number of rotatable bonds is 2. The summed E-state index contributed by atoms with van der Waals surface area (Å²) in [4.78, 5) is 38.3. The number of carbonyl (C=O) groups is 3. The molecule has 3 heterocycles. The second-order valence-electron chi connectivity index (χ2n) is 5.01. The van der Waals surface area contributed by atoms with E-state index in [1.807, 2.05) is 0 Å². The summed E-state index contributed by atoms with van der Waals surface area (Å²) < 4.78 is 0. The second-order valence-corrected chi connectivity index (χ2v) is 5.97. The van der Waals surface area contributed by atoms with Crippen LogP contribution in [0.25, 0.3) is 0 Å².